The number of hydrogen-bond acceptors (Lipinski definition) is 3. The van der Waals surface area contributed by atoms with Crippen molar-refractivity contribution in [2.45, 2.75) is 13.0 Å². The molecule has 0 fully saturated rings. The molecule has 1 aromatic heterocycles. The standard InChI is InChI=1S/C20H26N4O2/c1-23-12-10-18(14-19(23)15-22-26)20(25)21-11-7-13-24(2,3)16-17-8-5-4-6-9-17/h4-6,8-10,12,14-15H,7,11,13,16H2,1-3H3/p+2. The number of carbonyl (C=O) groups is 1. The second-order valence-corrected chi connectivity index (χ2v) is 7.11. The van der Waals surface area contributed by atoms with E-state index in [1.165, 1.54) is 11.8 Å². The Labute approximate surface area is 155 Å². The topological polar surface area (TPSA) is 65.6 Å². The molecule has 0 aliphatic rings. The number of benzene rings is 1. The fourth-order valence-corrected chi connectivity index (χ4v) is 2.88. The first-order chi connectivity index (χ1) is 12.4. The van der Waals surface area contributed by atoms with Gasteiger partial charge < -0.3 is 15.0 Å². The highest BCUT2D eigenvalue weighted by atomic mass is 16.4. The van der Waals surface area contributed by atoms with Crippen LogP contribution in [0.3, 0.4) is 0 Å². The van der Waals surface area contributed by atoms with Crippen molar-refractivity contribution in [1.29, 1.82) is 0 Å². The molecule has 1 heterocycles. The number of rotatable bonds is 8. The predicted molar refractivity (Wildman–Crippen MR) is 101 cm³/mol. The number of oxime groups is 1. The molecule has 0 saturated carbocycles. The molecule has 138 valence electrons. The van der Waals surface area contributed by atoms with Crippen molar-refractivity contribution < 1.29 is 19.1 Å². The molecule has 0 aliphatic heterocycles. The van der Waals surface area contributed by atoms with Crippen LogP contribution in [0.1, 0.15) is 28.0 Å². The van der Waals surface area contributed by atoms with Gasteiger partial charge in [0.25, 0.3) is 5.91 Å². The zero-order valence-electron chi connectivity index (χ0n) is 15.7. The molecule has 0 spiro atoms. The Balaban J connectivity index is 1.82. The van der Waals surface area contributed by atoms with Crippen LogP contribution in [0.4, 0.5) is 0 Å². The molecule has 0 bridgehead atoms. The van der Waals surface area contributed by atoms with Gasteiger partial charge in [0.2, 0.25) is 5.69 Å². The van der Waals surface area contributed by atoms with Crippen LogP contribution in [0, 0.1) is 0 Å². The Morgan fingerprint density at radius 1 is 1.27 bits per heavy atom. The number of nitrogens with one attached hydrogen (secondary N) is 1. The maximum Gasteiger partial charge on any atom is 0.251 e. The monoisotopic (exact) mass is 356 g/mol. The van der Waals surface area contributed by atoms with Gasteiger partial charge in [-0.3, -0.25) is 4.79 Å². The third-order valence-corrected chi connectivity index (χ3v) is 4.32. The lowest BCUT2D eigenvalue weighted by Crippen LogP contribution is -2.41. The lowest BCUT2D eigenvalue weighted by Gasteiger charge is -2.30. The van der Waals surface area contributed by atoms with Crippen molar-refractivity contribution in [1.82, 2.24) is 5.32 Å². The molecule has 0 radical (unpaired) electrons. The Kier molecular flexibility index (Phi) is 6.86. The fraction of sp³-hybridized carbons (Fsp3) is 0.350. The summed E-state index contributed by atoms with van der Waals surface area (Å²) in [7, 11) is 6.23. The predicted octanol–water partition coefficient (Wildman–Crippen LogP) is 1.72. The van der Waals surface area contributed by atoms with Gasteiger partial charge in [0.1, 0.15) is 19.8 Å². The summed E-state index contributed by atoms with van der Waals surface area (Å²) in [4.78, 5) is 12.3. The molecule has 6 heteroatoms. The number of aromatic nitrogens is 1. The van der Waals surface area contributed by atoms with Crippen LogP contribution in [0.2, 0.25) is 0 Å². The van der Waals surface area contributed by atoms with Crippen LogP contribution in [0.15, 0.2) is 53.8 Å². The summed E-state index contributed by atoms with van der Waals surface area (Å²) in [6.07, 6.45) is 3.98. The van der Waals surface area contributed by atoms with Crippen molar-refractivity contribution in [2.75, 3.05) is 27.2 Å². The van der Waals surface area contributed by atoms with E-state index < -0.39 is 0 Å². The summed E-state index contributed by atoms with van der Waals surface area (Å²) in [5.41, 5.74) is 2.52. The van der Waals surface area contributed by atoms with Gasteiger partial charge >= 0.3 is 0 Å². The zero-order chi connectivity index (χ0) is 19.0. The SMILES string of the molecule is C[n+]1ccc(C(=O)NCCC[N+](C)(C)Cc2ccccc2)cc1/C=N\O. The van der Waals surface area contributed by atoms with E-state index in [4.69, 9.17) is 5.21 Å². The molecular weight excluding hydrogens is 328 g/mol. The summed E-state index contributed by atoms with van der Waals surface area (Å²) in [6, 6.07) is 13.9. The molecule has 0 atom stereocenters. The van der Waals surface area contributed by atoms with Gasteiger partial charge in [-0.1, -0.05) is 35.5 Å². The van der Waals surface area contributed by atoms with Crippen molar-refractivity contribution in [2.24, 2.45) is 12.2 Å². The number of quaternary nitrogens is 1. The number of aryl methyl sites for hydroxylation is 1. The van der Waals surface area contributed by atoms with Crippen LogP contribution in [-0.2, 0) is 13.6 Å². The summed E-state index contributed by atoms with van der Waals surface area (Å²) >= 11 is 0. The van der Waals surface area contributed by atoms with Crippen LogP contribution in [0.25, 0.3) is 0 Å². The first-order valence-electron chi connectivity index (χ1n) is 8.72. The maximum atomic E-state index is 12.3. The van der Waals surface area contributed by atoms with E-state index in [-0.39, 0.29) is 5.91 Å². The molecule has 1 aromatic carbocycles. The Morgan fingerprint density at radius 3 is 2.69 bits per heavy atom. The van der Waals surface area contributed by atoms with Gasteiger partial charge in [-0.2, -0.15) is 0 Å². The van der Waals surface area contributed by atoms with E-state index in [0.717, 1.165) is 24.0 Å². The molecule has 0 unspecified atom stereocenters. The smallest absolute Gasteiger partial charge is 0.251 e. The van der Waals surface area contributed by atoms with Crippen molar-refractivity contribution in [3.63, 3.8) is 0 Å². The van der Waals surface area contributed by atoms with E-state index >= 15 is 0 Å². The second kappa shape index (κ2) is 9.10. The van der Waals surface area contributed by atoms with Gasteiger partial charge in [0.15, 0.2) is 6.20 Å². The molecule has 0 saturated heterocycles. The number of nitrogens with zero attached hydrogens (tertiary/aromatic N) is 3. The molecule has 2 N–H and O–H groups in total. The van der Waals surface area contributed by atoms with Crippen LogP contribution in [0.5, 0.6) is 0 Å². The van der Waals surface area contributed by atoms with Crippen LogP contribution >= 0.6 is 0 Å². The van der Waals surface area contributed by atoms with Gasteiger partial charge in [0, 0.05) is 30.7 Å². The van der Waals surface area contributed by atoms with Crippen molar-refractivity contribution in [3.8, 4) is 0 Å². The third-order valence-electron chi connectivity index (χ3n) is 4.32. The van der Waals surface area contributed by atoms with Gasteiger partial charge in [0.05, 0.1) is 26.2 Å². The van der Waals surface area contributed by atoms with E-state index in [9.17, 15) is 4.79 Å². The molecular formula is C20H28N4O2+2. The Hall–Kier alpha value is -2.73. The second-order valence-electron chi connectivity index (χ2n) is 7.11. The quantitative estimate of drug-likeness (QED) is 0.189. The fourth-order valence-electron chi connectivity index (χ4n) is 2.88. The van der Waals surface area contributed by atoms with Gasteiger partial charge in [-0.05, 0) is 0 Å². The first-order valence-corrected chi connectivity index (χ1v) is 8.72. The molecule has 0 aliphatic carbocycles. The number of hydrogen-bond donors (Lipinski definition) is 2. The van der Waals surface area contributed by atoms with Crippen molar-refractivity contribution >= 4 is 12.1 Å². The van der Waals surface area contributed by atoms with E-state index in [0.29, 0.717) is 17.8 Å². The number of carbonyl (C=O) groups excluding carboxylic acids is 1. The average Bonchev–Trinajstić information content (AvgIpc) is 2.61. The number of amides is 1. The summed E-state index contributed by atoms with van der Waals surface area (Å²) in [6.45, 7) is 2.56. The summed E-state index contributed by atoms with van der Waals surface area (Å²) in [5.74, 6) is -0.119. The Bertz CT molecular complexity index is 758. The molecule has 1 amide bonds. The minimum atomic E-state index is -0.119. The highest BCUT2D eigenvalue weighted by molar-refractivity contribution is 5.95. The van der Waals surface area contributed by atoms with Crippen LogP contribution < -0.4 is 9.88 Å². The van der Waals surface area contributed by atoms with Gasteiger partial charge in [-0.15, -0.1) is 0 Å². The lowest BCUT2D eigenvalue weighted by molar-refractivity contribution is -0.903. The third kappa shape index (κ3) is 5.97. The van der Waals surface area contributed by atoms with E-state index in [1.807, 2.05) is 13.1 Å². The summed E-state index contributed by atoms with van der Waals surface area (Å²) in [5, 5.41) is 14.7. The largest absolute Gasteiger partial charge is 0.411 e. The zero-order valence-corrected chi connectivity index (χ0v) is 15.7. The molecule has 2 rings (SSSR count). The minimum absolute atomic E-state index is 0.119. The summed E-state index contributed by atoms with van der Waals surface area (Å²) < 4.78 is 2.65. The van der Waals surface area contributed by atoms with E-state index in [2.05, 4.69) is 48.8 Å². The molecule has 2 aromatic rings. The lowest BCUT2D eigenvalue weighted by atomic mass is 10.2. The molecule has 6 nitrogen and oxygen atoms in total. The first kappa shape index (κ1) is 19.6. The van der Waals surface area contributed by atoms with Crippen molar-refractivity contribution in [3.05, 3.63) is 65.5 Å². The Morgan fingerprint density at radius 2 is 2.00 bits per heavy atom. The van der Waals surface area contributed by atoms with E-state index in [1.54, 1.807) is 22.9 Å². The highest BCUT2D eigenvalue weighted by Crippen LogP contribution is 2.09. The minimum Gasteiger partial charge on any atom is -0.411 e. The normalized spacial score (nSPS) is 11.7. The van der Waals surface area contributed by atoms with Gasteiger partial charge in [-0.25, -0.2) is 4.57 Å². The average molecular weight is 356 g/mol. The number of pyridine rings is 1. The van der Waals surface area contributed by atoms with Crippen LogP contribution in [-0.4, -0.2) is 49.0 Å². The highest BCUT2D eigenvalue weighted by Gasteiger charge is 2.16. The maximum absolute atomic E-state index is 12.3. The molecule has 26 heavy (non-hydrogen) atoms.